The van der Waals surface area contributed by atoms with Crippen molar-refractivity contribution in [3.8, 4) is 0 Å². The molecule has 2 rings (SSSR count). The second-order valence-corrected chi connectivity index (χ2v) is 6.39. The van der Waals surface area contributed by atoms with Crippen LogP contribution < -0.4 is 21.3 Å². The molecule has 0 bridgehead atoms. The van der Waals surface area contributed by atoms with Gasteiger partial charge in [-0.3, -0.25) is 20.2 Å². The molecule has 0 aromatic rings. The van der Waals surface area contributed by atoms with E-state index < -0.39 is 73.0 Å². The second kappa shape index (κ2) is 8.65. The summed E-state index contributed by atoms with van der Waals surface area (Å²) >= 11 is 0. The maximum Gasteiger partial charge on any atom is 0.391 e. The summed E-state index contributed by atoms with van der Waals surface area (Å²) in [4.78, 5) is 42.9. The first-order chi connectivity index (χ1) is 12.6. The van der Waals surface area contributed by atoms with Crippen LogP contribution in [-0.4, -0.2) is 48.3 Å². The fraction of sp³-hybridized carbons (Fsp3) is 0.714. The number of hydrogen-bond donors (Lipinski definition) is 4. The van der Waals surface area contributed by atoms with E-state index in [4.69, 9.17) is 0 Å². The van der Waals surface area contributed by atoms with Gasteiger partial charge in [0.2, 0.25) is 0 Å². The number of hydrogen-bond acceptors (Lipinski definition) is 4. The van der Waals surface area contributed by atoms with Crippen molar-refractivity contribution in [2.45, 2.75) is 51.1 Å². The van der Waals surface area contributed by atoms with Crippen molar-refractivity contribution in [3.05, 3.63) is 0 Å². The smallest absolute Gasteiger partial charge is 0.326 e. The van der Waals surface area contributed by atoms with Crippen molar-refractivity contribution in [3.63, 3.8) is 0 Å². The van der Waals surface area contributed by atoms with Crippen LogP contribution in [0.1, 0.15) is 26.7 Å². The van der Waals surface area contributed by atoms with Crippen molar-refractivity contribution in [2.75, 3.05) is 0 Å². The molecule has 8 nitrogen and oxygen atoms in total. The van der Waals surface area contributed by atoms with Gasteiger partial charge in [-0.25, -0.2) is 9.59 Å². The molecular formula is C14H18F6N4O4. The molecule has 2 aliphatic rings. The fourth-order valence-electron chi connectivity index (χ4n) is 2.22. The lowest BCUT2D eigenvalue weighted by atomic mass is 10.0. The molecule has 6 amide bonds. The zero-order valence-corrected chi connectivity index (χ0v) is 14.6. The minimum atomic E-state index is -4.34. The number of carbonyl (C=O) groups excluding carboxylic acids is 4. The van der Waals surface area contributed by atoms with Gasteiger partial charge in [0.25, 0.3) is 11.8 Å². The molecule has 2 heterocycles. The Morgan fingerprint density at radius 1 is 0.714 bits per heavy atom. The van der Waals surface area contributed by atoms with E-state index >= 15 is 0 Å². The molecule has 28 heavy (non-hydrogen) atoms. The van der Waals surface area contributed by atoms with E-state index in [0.29, 0.717) is 0 Å². The number of imide groups is 2. The van der Waals surface area contributed by atoms with Crippen molar-refractivity contribution in [1.29, 1.82) is 0 Å². The van der Waals surface area contributed by atoms with Gasteiger partial charge in [0, 0.05) is 0 Å². The lowest BCUT2D eigenvalue weighted by Crippen LogP contribution is -2.34. The number of alkyl halides is 6. The molecule has 0 saturated carbocycles. The standard InChI is InChI=1S/2C7H9F3N2O2/c2*1-3(7(8,9)10)2-4-5(13)12-6(14)11-4/h2*3-4H,2H2,1H3,(H2,11,12,13,14)/t2*3-,4?/m10/s1. The van der Waals surface area contributed by atoms with Gasteiger partial charge in [0.05, 0.1) is 11.8 Å². The van der Waals surface area contributed by atoms with Crippen molar-refractivity contribution >= 4 is 23.9 Å². The average Bonchev–Trinajstić information content (AvgIpc) is 2.99. The van der Waals surface area contributed by atoms with Crippen molar-refractivity contribution in [1.82, 2.24) is 21.3 Å². The predicted octanol–water partition coefficient (Wildman–Crippen LogP) is 1.57. The Bertz CT molecular complexity index is 582. The summed E-state index contributed by atoms with van der Waals surface area (Å²) in [5.41, 5.74) is 0. The van der Waals surface area contributed by atoms with Crippen LogP contribution in [-0.2, 0) is 9.59 Å². The quantitative estimate of drug-likeness (QED) is 0.408. The van der Waals surface area contributed by atoms with Gasteiger partial charge < -0.3 is 10.6 Å². The largest absolute Gasteiger partial charge is 0.391 e. The molecule has 160 valence electrons. The molecule has 14 heteroatoms. The highest BCUT2D eigenvalue weighted by Crippen LogP contribution is 2.30. The normalized spacial score (nSPS) is 24.4. The molecule has 4 N–H and O–H groups in total. The monoisotopic (exact) mass is 420 g/mol. The van der Waals surface area contributed by atoms with Crippen LogP contribution in [0.25, 0.3) is 0 Å². The third-order valence-corrected chi connectivity index (χ3v) is 4.01. The Morgan fingerprint density at radius 2 is 1.00 bits per heavy atom. The summed E-state index contributed by atoms with van der Waals surface area (Å²) in [6.45, 7) is 1.94. The van der Waals surface area contributed by atoms with Gasteiger partial charge >= 0.3 is 24.4 Å². The molecule has 0 aliphatic carbocycles. The summed E-state index contributed by atoms with van der Waals surface area (Å²) < 4.78 is 72.5. The van der Waals surface area contributed by atoms with E-state index in [2.05, 4.69) is 10.6 Å². The van der Waals surface area contributed by atoms with E-state index in [1.165, 1.54) is 0 Å². The molecule has 2 unspecified atom stereocenters. The van der Waals surface area contributed by atoms with E-state index in [9.17, 15) is 45.5 Å². The predicted molar refractivity (Wildman–Crippen MR) is 80.6 cm³/mol. The Morgan fingerprint density at radius 3 is 1.18 bits per heavy atom. The van der Waals surface area contributed by atoms with E-state index in [-0.39, 0.29) is 0 Å². The van der Waals surface area contributed by atoms with Crippen LogP contribution in [0.4, 0.5) is 35.9 Å². The minimum Gasteiger partial charge on any atom is -0.326 e. The highest BCUT2D eigenvalue weighted by Gasteiger charge is 2.42. The molecule has 2 saturated heterocycles. The van der Waals surface area contributed by atoms with Gasteiger partial charge in [0.1, 0.15) is 12.1 Å². The number of carbonyl (C=O) groups is 4. The van der Waals surface area contributed by atoms with Crippen molar-refractivity contribution in [2.24, 2.45) is 11.8 Å². The Hall–Kier alpha value is -2.54. The summed E-state index contributed by atoms with van der Waals surface area (Å²) in [5, 5.41) is 7.95. The molecule has 0 spiro atoms. The number of halogens is 6. The van der Waals surface area contributed by atoms with Gasteiger partial charge in [-0.05, 0) is 12.8 Å². The zero-order chi connectivity index (χ0) is 21.9. The molecule has 4 atom stereocenters. The third kappa shape index (κ3) is 6.88. The average molecular weight is 420 g/mol. The van der Waals surface area contributed by atoms with E-state index in [1.54, 1.807) is 0 Å². The second-order valence-electron chi connectivity index (χ2n) is 6.39. The highest BCUT2D eigenvalue weighted by atomic mass is 19.4. The first kappa shape index (κ1) is 23.5. The van der Waals surface area contributed by atoms with Crippen LogP contribution in [0.5, 0.6) is 0 Å². The first-order valence-corrected chi connectivity index (χ1v) is 7.97. The van der Waals surface area contributed by atoms with E-state index in [1.807, 2.05) is 10.6 Å². The van der Waals surface area contributed by atoms with Crippen LogP contribution in [0.15, 0.2) is 0 Å². The number of urea groups is 2. The Kier molecular flexibility index (Phi) is 7.26. The number of rotatable bonds is 4. The van der Waals surface area contributed by atoms with Crippen LogP contribution in [0.2, 0.25) is 0 Å². The number of amides is 6. The molecular weight excluding hydrogens is 402 g/mol. The number of nitrogens with one attached hydrogen (secondary N) is 4. The topological polar surface area (TPSA) is 116 Å². The van der Waals surface area contributed by atoms with Crippen molar-refractivity contribution < 1.29 is 45.5 Å². The maximum absolute atomic E-state index is 12.1. The summed E-state index contributed by atoms with van der Waals surface area (Å²) in [7, 11) is 0. The summed E-state index contributed by atoms with van der Waals surface area (Å²) in [5.74, 6) is -4.63. The molecule has 0 aromatic carbocycles. The summed E-state index contributed by atoms with van der Waals surface area (Å²) in [6.07, 6.45) is -9.54. The molecule has 0 aromatic heterocycles. The molecule has 2 fully saturated rings. The Balaban J connectivity index is 0.000000280. The third-order valence-electron chi connectivity index (χ3n) is 4.01. The zero-order valence-electron chi connectivity index (χ0n) is 14.6. The van der Waals surface area contributed by atoms with Gasteiger partial charge in [-0.15, -0.1) is 0 Å². The van der Waals surface area contributed by atoms with Gasteiger partial charge in [0.15, 0.2) is 0 Å². The van der Waals surface area contributed by atoms with Gasteiger partial charge in [-0.2, -0.15) is 26.3 Å². The summed E-state index contributed by atoms with van der Waals surface area (Å²) in [6, 6.07) is -3.62. The van der Waals surface area contributed by atoms with Crippen LogP contribution in [0, 0.1) is 11.8 Å². The lowest BCUT2D eigenvalue weighted by Gasteiger charge is -2.17. The Labute approximate surface area is 154 Å². The lowest BCUT2D eigenvalue weighted by molar-refractivity contribution is -0.173. The SMILES string of the molecule is C[C@@H](CC1NC(=O)NC1=O)C(F)(F)F.C[C@H](CC1NC(=O)NC1=O)C(F)(F)F. The van der Waals surface area contributed by atoms with E-state index in [0.717, 1.165) is 13.8 Å². The fourth-order valence-corrected chi connectivity index (χ4v) is 2.22. The molecule has 2 aliphatic heterocycles. The highest BCUT2D eigenvalue weighted by molar-refractivity contribution is 6.04. The van der Waals surface area contributed by atoms with Crippen LogP contribution in [0.3, 0.4) is 0 Å². The first-order valence-electron chi connectivity index (χ1n) is 7.97. The molecule has 0 radical (unpaired) electrons. The van der Waals surface area contributed by atoms with Gasteiger partial charge in [-0.1, -0.05) is 13.8 Å². The van der Waals surface area contributed by atoms with Crippen LogP contribution >= 0.6 is 0 Å². The maximum atomic E-state index is 12.1. The minimum absolute atomic E-state index is 0.429.